The van der Waals surface area contributed by atoms with E-state index in [0.29, 0.717) is 23.4 Å². The second kappa shape index (κ2) is 7.81. The molecule has 0 aliphatic heterocycles. The zero-order valence-corrected chi connectivity index (χ0v) is 12.0. The van der Waals surface area contributed by atoms with Crippen molar-refractivity contribution in [2.45, 2.75) is 6.54 Å². The number of carbonyl (C=O) groups is 1. The highest BCUT2D eigenvalue weighted by molar-refractivity contribution is 5.94. The van der Waals surface area contributed by atoms with Crippen LogP contribution in [0.15, 0.2) is 48.5 Å². The monoisotopic (exact) mass is 296 g/mol. The van der Waals surface area contributed by atoms with E-state index in [1.54, 1.807) is 30.3 Å². The maximum Gasteiger partial charge on any atom is 0.251 e. The summed E-state index contributed by atoms with van der Waals surface area (Å²) in [4.78, 5) is 12.1. The van der Waals surface area contributed by atoms with Gasteiger partial charge in [0.15, 0.2) is 0 Å². The third-order valence-electron chi connectivity index (χ3n) is 3.01. The van der Waals surface area contributed by atoms with Gasteiger partial charge in [0, 0.05) is 17.7 Å². The molecule has 0 saturated heterocycles. The molecule has 0 saturated carbocycles. The van der Waals surface area contributed by atoms with Gasteiger partial charge in [-0.3, -0.25) is 4.79 Å². The molecule has 0 heterocycles. The number of carbonyl (C=O) groups excluding carboxylic acids is 1. The number of para-hydroxylation sites is 1. The molecule has 2 aromatic rings. The number of aliphatic hydroxyl groups excluding tert-OH is 1. The van der Waals surface area contributed by atoms with Gasteiger partial charge in [0.2, 0.25) is 0 Å². The van der Waals surface area contributed by atoms with Gasteiger partial charge in [-0.2, -0.15) is 5.26 Å². The van der Waals surface area contributed by atoms with Crippen LogP contribution in [0.2, 0.25) is 0 Å². The Labute approximate surface area is 128 Å². The molecule has 2 aromatic carbocycles. The molecule has 0 atom stereocenters. The Morgan fingerprint density at radius 2 is 2.05 bits per heavy atom. The number of aliphatic hydroxyl groups is 1. The third kappa shape index (κ3) is 4.08. The molecule has 2 N–H and O–H groups in total. The van der Waals surface area contributed by atoms with Crippen LogP contribution in [0.3, 0.4) is 0 Å². The van der Waals surface area contributed by atoms with E-state index in [9.17, 15) is 4.79 Å². The summed E-state index contributed by atoms with van der Waals surface area (Å²) in [5.41, 5.74) is 1.70. The Balaban J connectivity index is 2.03. The number of nitrogens with zero attached hydrogens (tertiary/aromatic N) is 1. The van der Waals surface area contributed by atoms with Crippen LogP contribution < -0.4 is 10.1 Å². The summed E-state index contributed by atoms with van der Waals surface area (Å²) in [6.07, 6.45) is 0. The Morgan fingerprint density at radius 1 is 1.23 bits per heavy atom. The lowest BCUT2D eigenvalue weighted by atomic mass is 10.1. The highest BCUT2D eigenvalue weighted by atomic mass is 16.5. The van der Waals surface area contributed by atoms with E-state index in [2.05, 4.69) is 5.32 Å². The van der Waals surface area contributed by atoms with Crippen molar-refractivity contribution in [2.24, 2.45) is 0 Å². The normalized spacial score (nSPS) is 9.82. The number of hydrogen-bond donors (Lipinski definition) is 2. The van der Waals surface area contributed by atoms with Gasteiger partial charge < -0.3 is 15.2 Å². The standard InChI is InChI=1S/C17H16N2O3/c18-11-13-4-3-6-14(10-13)17(21)19-12-15-5-1-2-7-16(15)22-9-8-20/h1-7,10,20H,8-9,12H2,(H,19,21). The molecule has 0 aliphatic rings. The number of ether oxygens (including phenoxy) is 1. The van der Waals surface area contributed by atoms with Gasteiger partial charge >= 0.3 is 0 Å². The lowest BCUT2D eigenvalue weighted by Gasteiger charge is -2.11. The third-order valence-corrected chi connectivity index (χ3v) is 3.01. The lowest BCUT2D eigenvalue weighted by molar-refractivity contribution is 0.0950. The molecule has 0 aromatic heterocycles. The minimum atomic E-state index is -0.255. The molecule has 112 valence electrons. The summed E-state index contributed by atoms with van der Waals surface area (Å²) in [6, 6.07) is 15.8. The highest BCUT2D eigenvalue weighted by Crippen LogP contribution is 2.17. The van der Waals surface area contributed by atoms with Gasteiger partial charge in [0.1, 0.15) is 12.4 Å². The molecule has 0 radical (unpaired) electrons. The van der Waals surface area contributed by atoms with Crippen molar-refractivity contribution in [1.82, 2.24) is 5.32 Å². The fourth-order valence-corrected chi connectivity index (χ4v) is 1.95. The molecule has 1 amide bonds. The minimum absolute atomic E-state index is 0.0678. The Morgan fingerprint density at radius 3 is 2.82 bits per heavy atom. The summed E-state index contributed by atoms with van der Waals surface area (Å²) in [7, 11) is 0. The second-order valence-corrected chi connectivity index (χ2v) is 4.56. The van der Waals surface area contributed by atoms with E-state index in [0.717, 1.165) is 5.56 Å². The summed E-state index contributed by atoms with van der Waals surface area (Å²) < 4.78 is 5.42. The zero-order chi connectivity index (χ0) is 15.8. The first-order valence-electron chi connectivity index (χ1n) is 6.84. The van der Waals surface area contributed by atoms with Crippen LogP contribution >= 0.6 is 0 Å². The van der Waals surface area contributed by atoms with E-state index >= 15 is 0 Å². The second-order valence-electron chi connectivity index (χ2n) is 4.56. The number of amides is 1. The molecular formula is C17H16N2O3. The van der Waals surface area contributed by atoms with Crippen LogP contribution in [0.4, 0.5) is 0 Å². The summed E-state index contributed by atoms with van der Waals surface area (Å²) in [5.74, 6) is 0.372. The molecule has 0 aliphatic carbocycles. The summed E-state index contributed by atoms with van der Waals surface area (Å²) in [5, 5.41) is 20.5. The lowest BCUT2D eigenvalue weighted by Crippen LogP contribution is -2.23. The maximum atomic E-state index is 12.1. The Hall–Kier alpha value is -2.84. The van der Waals surface area contributed by atoms with Crippen LogP contribution in [0.25, 0.3) is 0 Å². The van der Waals surface area contributed by atoms with Gasteiger partial charge in [0.25, 0.3) is 5.91 Å². The fourth-order valence-electron chi connectivity index (χ4n) is 1.95. The fraction of sp³-hybridized carbons (Fsp3) is 0.176. The van der Waals surface area contributed by atoms with Crippen molar-refractivity contribution in [3.8, 4) is 11.8 Å². The topological polar surface area (TPSA) is 82.4 Å². The van der Waals surface area contributed by atoms with Gasteiger partial charge in [-0.15, -0.1) is 0 Å². The number of benzene rings is 2. The number of nitrogens with one attached hydrogen (secondary N) is 1. The van der Waals surface area contributed by atoms with Crippen molar-refractivity contribution < 1.29 is 14.6 Å². The van der Waals surface area contributed by atoms with E-state index in [1.807, 2.05) is 24.3 Å². The van der Waals surface area contributed by atoms with Crippen molar-refractivity contribution in [2.75, 3.05) is 13.2 Å². The summed E-state index contributed by atoms with van der Waals surface area (Å²) in [6.45, 7) is 0.439. The van der Waals surface area contributed by atoms with Gasteiger partial charge in [-0.25, -0.2) is 0 Å². The largest absolute Gasteiger partial charge is 0.491 e. The van der Waals surface area contributed by atoms with Crippen LogP contribution in [-0.2, 0) is 6.54 Å². The van der Waals surface area contributed by atoms with E-state index in [1.165, 1.54) is 0 Å². The first-order chi connectivity index (χ1) is 10.7. The van der Waals surface area contributed by atoms with E-state index in [-0.39, 0.29) is 19.1 Å². The first kappa shape index (κ1) is 15.5. The van der Waals surface area contributed by atoms with Crippen LogP contribution in [-0.4, -0.2) is 24.2 Å². The number of nitriles is 1. The molecule has 0 fully saturated rings. The molecule has 5 nitrogen and oxygen atoms in total. The van der Waals surface area contributed by atoms with Gasteiger partial charge in [-0.1, -0.05) is 24.3 Å². The number of hydrogen-bond acceptors (Lipinski definition) is 4. The SMILES string of the molecule is N#Cc1cccc(C(=O)NCc2ccccc2OCCO)c1. The van der Waals surface area contributed by atoms with Crippen LogP contribution in [0.1, 0.15) is 21.5 Å². The zero-order valence-electron chi connectivity index (χ0n) is 12.0. The Kier molecular flexibility index (Phi) is 5.52. The molecule has 22 heavy (non-hydrogen) atoms. The Bertz CT molecular complexity index is 692. The van der Waals surface area contributed by atoms with Crippen molar-refractivity contribution in [1.29, 1.82) is 5.26 Å². The average Bonchev–Trinajstić information content (AvgIpc) is 2.58. The van der Waals surface area contributed by atoms with Crippen molar-refractivity contribution in [3.63, 3.8) is 0 Å². The first-order valence-corrected chi connectivity index (χ1v) is 6.84. The molecule has 0 bridgehead atoms. The molecular weight excluding hydrogens is 280 g/mol. The van der Waals surface area contributed by atoms with E-state index in [4.69, 9.17) is 15.1 Å². The maximum absolute atomic E-state index is 12.1. The van der Waals surface area contributed by atoms with Crippen molar-refractivity contribution >= 4 is 5.91 Å². The van der Waals surface area contributed by atoms with Crippen LogP contribution in [0, 0.1) is 11.3 Å². The number of rotatable bonds is 6. The summed E-state index contributed by atoms with van der Waals surface area (Å²) >= 11 is 0. The average molecular weight is 296 g/mol. The van der Waals surface area contributed by atoms with Crippen molar-refractivity contribution in [3.05, 3.63) is 65.2 Å². The quantitative estimate of drug-likeness (QED) is 0.852. The minimum Gasteiger partial charge on any atom is -0.491 e. The molecule has 0 spiro atoms. The predicted molar refractivity (Wildman–Crippen MR) is 81.4 cm³/mol. The highest BCUT2D eigenvalue weighted by Gasteiger charge is 2.08. The van der Waals surface area contributed by atoms with Gasteiger partial charge in [-0.05, 0) is 24.3 Å². The molecule has 0 unspecified atom stereocenters. The smallest absolute Gasteiger partial charge is 0.251 e. The predicted octanol–water partition coefficient (Wildman–Crippen LogP) is 1.86. The van der Waals surface area contributed by atoms with Gasteiger partial charge in [0.05, 0.1) is 18.2 Å². The molecule has 2 rings (SSSR count). The molecule has 5 heteroatoms. The van der Waals surface area contributed by atoms with E-state index < -0.39 is 0 Å². The van der Waals surface area contributed by atoms with Crippen LogP contribution in [0.5, 0.6) is 5.75 Å².